The molecule has 1 saturated heterocycles. The standard InChI is InChI=1S/C14H24N2O2/c1-3-12(15)14(13-5-4-8-18-13)16-7-6-11(9-16)10(2)17/h4-5,8,10-12,14,17H,3,6-7,9,15H2,1-2H3. The fourth-order valence-electron chi connectivity index (χ4n) is 2.81. The lowest BCUT2D eigenvalue weighted by atomic mass is 10.0. The molecule has 18 heavy (non-hydrogen) atoms. The maximum Gasteiger partial charge on any atom is 0.122 e. The van der Waals surface area contributed by atoms with E-state index < -0.39 is 0 Å². The molecular weight excluding hydrogens is 228 g/mol. The molecule has 1 fully saturated rings. The summed E-state index contributed by atoms with van der Waals surface area (Å²) in [6.07, 6.45) is 3.41. The van der Waals surface area contributed by atoms with Crippen LogP contribution in [0.1, 0.15) is 38.5 Å². The molecule has 1 aromatic rings. The van der Waals surface area contributed by atoms with Crippen LogP contribution in [-0.4, -0.2) is 35.2 Å². The molecule has 2 heterocycles. The van der Waals surface area contributed by atoms with Crippen LogP contribution < -0.4 is 5.73 Å². The molecule has 1 aliphatic heterocycles. The molecule has 3 N–H and O–H groups in total. The highest BCUT2D eigenvalue weighted by atomic mass is 16.3. The third-order valence-electron chi connectivity index (χ3n) is 4.04. The molecule has 102 valence electrons. The van der Waals surface area contributed by atoms with Gasteiger partial charge in [0.15, 0.2) is 0 Å². The molecule has 1 aliphatic rings. The van der Waals surface area contributed by atoms with Crippen molar-refractivity contribution in [2.45, 2.75) is 44.9 Å². The van der Waals surface area contributed by atoms with Gasteiger partial charge in [-0.1, -0.05) is 6.92 Å². The minimum absolute atomic E-state index is 0.0731. The third-order valence-corrected chi connectivity index (χ3v) is 4.04. The lowest BCUT2D eigenvalue weighted by Gasteiger charge is -2.30. The average Bonchev–Trinajstić information content (AvgIpc) is 3.00. The predicted molar refractivity (Wildman–Crippen MR) is 71.1 cm³/mol. The highest BCUT2D eigenvalue weighted by Gasteiger charge is 2.35. The van der Waals surface area contributed by atoms with E-state index >= 15 is 0 Å². The second-order valence-corrected chi connectivity index (χ2v) is 5.32. The molecule has 0 saturated carbocycles. The Morgan fingerprint density at radius 3 is 2.89 bits per heavy atom. The third kappa shape index (κ3) is 2.76. The molecular formula is C14H24N2O2. The van der Waals surface area contributed by atoms with Gasteiger partial charge in [-0.05, 0) is 44.4 Å². The fraction of sp³-hybridized carbons (Fsp3) is 0.714. The quantitative estimate of drug-likeness (QED) is 0.838. The van der Waals surface area contributed by atoms with E-state index in [0.717, 1.165) is 31.7 Å². The number of hydrogen-bond donors (Lipinski definition) is 2. The van der Waals surface area contributed by atoms with Crippen LogP contribution in [0.5, 0.6) is 0 Å². The van der Waals surface area contributed by atoms with Gasteiger partial charge in [0.1, 0.15) is 5.76 Å². The number of nitrogens with zero attached hydrogens (tertiary/aromatic N) is 1. The van der Waals surface area contributed by atoms with Crippen LogP contribution in [0.2, 0.25) is 0 Å². The van der Waals surface area contributed by atoms with Gasteiger partial charge in [-0.3, -0.25) is 4.90 Å². The Labute approximate surface area is 109 Å². The Kier molecular flexibility index (Phi) is 4.43. The van der Waals surface area contributed by atoms with E-state index in [-0.39, 0.29) is 18.2 Å². The number of likely N-dealkylation sites (tertiary alicyclic amines) is 1. The van der Waals surface area contributed by atoms with Gasteiger partial charge in [-0.15, -0.1) is 0 Å². The molecule has 1 aromatic heterocycles. The molecule has 0 bridgehead atoms. The summed E-state index contributed by atoms with van der Waals surface area (Å²) >= 11 is 0. The van der Waals surface area contributed by atoms with Gasteiger partial charge in [-0.25, -0.2) is 0 Å². The number of hydrogen-bond acceptors (Lipinski definition) is 4. The van der Waals surface area contributed by atoms with Gasteiger partial charge >= 0.3 is 0 Å². The maximum absolute atomic E-state index is 9.70. The molecule has 0 amide bonds. The zero-order valence-electron chi connectivity index (χ0n) is 11.2. The van der Waals surface area contributed by atoms with Gasteiger partial charge in [0, 0.05) is 12.6 Å². The Hall–Kier alpha value is -0.840. The summed E-state index contributed by atoms with van der Waals surface area (Å²) in [6, 6.07) is 4.11. The van der Waals surface area contributed by atoms with Crippen LogP contribution in [0, 0.1) is 5.92 Å². The molecule has 0 spiro atoms. The molecule has 0 aliphatic carbocycles. The topological polar surface area (TPSA) is 62.6 Å². The van der Waals surface area contributed by atoms with Crippen molar-refractivity contribution in [3.8, 4) is 0 Å². The van der Waals surface area contributed by atoms with Crippen LogP contribution in [-0.2, 0) is 0 Å². The van der Waals surface area contributed by atoms with E-state index in [1.54, 1.807) is 6.26 Å². The van der Waals surface area contributed by atoms with Crippen LogP contribution in [0.4, 0.5) is 0 Å². The molecule has 4 heteroatoms. The smallest absolute Gasteiger partial charge is 0.122 e. The van der Waals surface area contributed by atoms with E-state index in [1.165, 1.54) is 0 Å². The summed E-state index contributed by atoms with van der Waals surface area (Å²) < 4.78 is 5.54. The lowest BCUT2D eigenvalue weighted by Crippen LogP contribution is -2.40. The van der Waals surface area contributed by atoms with Crippen LogP contribution in [0.25, 0.3) is 0 Å². The van der Waals surface area contributed by atoms with Gasteiger partial charge < -0.3 is 15.3 Å². The summed E-state index contributed by atoms with van der Waals surface area (Å²) in [7, 11) is 0. The number of aliphatic hydroxyl groups is 1. The first-order chi connectivity index (χ1) is 8.63. The molecule has 4 unspecified atom stereocenters. The molecule has 0 aromatic carbocycles. The van der Waals surface area contributed by atoms with E-state index in [9.17, 15) is 5.11 Å². The largest absolute Gasteiger partial charge is 0.468 e. The zero-order chi connectivity index (χ0) is 13.1. The first-order valence-electron chi connectivity index (χ1n) is 6.84. The Morgan fingerprint density at radius 2 is 2.39 bits per heavy atom. The minimum atomic E-state index is -0.245. The van der Waals surface area contributed by atoms with Crippen molar-refractivity contribution in [3.63, 3.8) is 0 Å². The van der Waals surface area contributed by atoms with Crippen molar-refractivity contribution in [1.29, 1.82) is 0 Å². The van der Waals surface area contributed by atoms with E-state index in [0.29, 0.717) is 5.92 Å². The summed E-state index contributed by atoms with van der Waals surface area (Å²) in [6.45, 7) is 5.85. The molecule has 4 nitrogen and oxygen atoms in total. The number of rotatable bonds is 5. The van der Waals surface area contributed by atoms with Gasteiger partial charge in [0.25, 0.3) is 0 Å². The van der Waals surface area contributed by atoms with E-state index in [4.69, 9.17) is 10.2 Å². The average molecular weight is 252 g/mol. The summed E-state index contributed by atoms with van der Waals surface area (Å²) in [4.78, 5) is 2.35. The Morgan fingerprint density at radius 1 is 1.61 bits per heavy atom. The zero-order valence-corrected chi connectivity index (χ0v) is 11.2. The van der Waals surface area contributed by atoms with Crippen LogP contribution in [0.3, 0.4) is 0 Å². The fourth-order valence-corrected chi connectivity index (χ4v) is 2.81. The van der Waals surface area contributed by atoms with E-state index in [2.05, 4.69) is 11.8 Å². The van der Waals surface area contributed by atoms with Crippen molar-refractivity contribution >= 4 is 0 Å². The van der Waals surface area contributed by atoms with Crippen molar-refractivity contribution in [2.24, 2.45) is 11.7 Å². The Balaban J connectivity index is 2.11. The van der Waals surface area contributed by atoms with E-state index in [1.807, 2.05) is 19.1 Å². The summed E-state index contributed by atoms with van der Waals surface area (Å²) in [5.74, 6) is 1.29. The van der Waals surface area contributed by atoms with Crippen LogP contribution >= 0.6 is 0 Å². The van der Waals surface area contributed by atoms with Crippen molar-refractivity contribution in [2.75, 3.05) is 13.1 Å². The first kappa shape index (κ1) is 13.6. The van der Waals surface area contributed by atoms with Gasteiger partial charge in [-0.2, -0.15) is 0 Å². The highest BCUT2D eigenvalue weighted by Crippen LogP contribution is 2.31. The minimum Gasteiger partial charge on any atom is -0.468 e. The first-order valence-corrected chi connectivity index (χ1v) is 6.84. The summed E-state index contributed by atoms with van der Waals surface area (Å²) in [5.41, 5.74) is 6.25. The van der Waals surface area contributed by atoms with Crippen LogP contribution in [0.15, 0.2) is 22.8 Å². The van der Waals surface area contributed by atoms with Gasteiger partial charge in [0.05, 0.1) is 18.4 Å². The lowest BCUT2D eigenvalue weighted by molar-refractivity contribution is 0.114. The van der Waals surface area contributed by atoms with Crippen molar-refractivity contribution < 1.29 is 9.52 Å². The van der Waals surface area contributed by atoms with Crippen molar-refractivity contribution in [1.82, 2.24) is 4.90 Å². The second-order valence-electron chi connectivity index (χ2n) is 5.32. The number of furan rings is 1. The highest BCUT2D eigenvalue weighted by molar-refractivity contribution is 5.09. The van der Waals surface area contributed by atoms with Gasteiger partial charge in [0.2, 0.25) is 0 Å². The Bertz CT molecular complexity index is 351. The molecule has 2 rings (SSSR count). The normalized spacial score (nSPS) is 26.1. The predicted octanol–water partition coefficient (Wildman–Crippen LogP) is 1.76. The maximum atomic E-state index is 9.70. The monoisotopic (exact) mass is 252 g/mol. The number of nitrogens with two attached hydrogens (primary N) is 1. The number of aliphatic hydroxyl groups excluding tert-OH is 1. The van der Waals surface area contributed by atoms with Crippen molar-refractivity contribution in [3.05, 3.63) is 24.2 Å². The molecule has 0 radical (unpaired) electrons. The molecule has 4 atom stereocenters. The summed E-state index contributed by atoms with van der Waals surface area (Å²) in [5, 5.41) is 9.70. The SMILES string of the molecule is CCC(N)C(c1ccco1)N1CCC(C(C)O)C1. The second kappa shape index (κ2) is 5.87.